The minimum Gasteiger partial charge on any atom is -0.496 e. The molecule has 1 heterocycles. The molecular weight excluding hydrogens is 384 g/mol. The van der Waals surface area contributed by atoms with E-state index in [9.17, 15) is 13.2 Å². The third-order valence-corrected chi connectivity index (χ3v) is 7.16. The highest BCUT2D eigenvalue weighted by Crippen LogP contribution is 2.29. The smallest absolute Gasteiger partial charge is 0.259 e. The van der Waals surface area contributed by atoms with Crippen LogP contribution >= 0.6 is 11.8 Å². The topological polar surface area (TPSA) is 75.7 Å². The number of nitrogens with one attached hydrogen (secondary N) is 1. The van der Waals surface area contributed by atoms with Crippen LogP contribution in [0.4, 0.5) is 5.69 Å². The number of amides is 1. The first-order valence-corrected chi connectivity index (χ1v) is 11.3. The third-order valence-electron chi connectivity index (χ3n) is 4.47. The van der Waals surface area contributed by atoms with Gasteiger partial charge in [-0.25, -0.2) is 8.42 Å². The van der Waals surface area contributed by atoms with Gasteiger partial charge in [-0.1, -0.05) is 12.1 Å². The third kappa shape index (κ3) is 4.12. The molecule has 0 saturated carbocycles. The molecule has 1 aliphatic rings. The summed E-state index contributed by atoms with van der Waals surface area (Å²) in [4.78, 5) is 13.9. The van der Waals surface area contributed by atoms with Gasteiger partial charge in [0.25, 0.3) is 5.91 Å². The maximum absolute atomic E-state index is 12.9. The molecule has 27 heavy (non-hydrogen) atoms. The number of anilines is 1. The van der Waals surface area contributed by atoms with Crippen LogP contribution in [0.3, 0.4) is 0 Å². The summed E-state index contributed by atoms with van der Waals surface area (Å²) in [6.45, 7) is 1.02. The van der Waals surface area contributed by atoms with Crippen LogP contribution in [0.1, 0.15) is 23.2 Å². The van der Waals surface area contributed by atoms with Crippen molar-refractivity contribution in [2.24, 2.45) is 0 Å². The number of methoxy groups -OCH3 is 1. The fraction of sp³-hybridized carbons (Fsp3) is 0.316. The Morgan fingerprint density at radius 2 is 1.85 bits per heavy atom. The molecule has 2 aromatic rings. The number of hydrogen-bond donors (Lipinski definition) is 1. The van der Waals surface area contributed by atoms with E-state index in [-0.39, 0.29) is 10.5 Å². The first-order valence-electron chi connectivity index (χ1n) is 8.60. The first-order chi connectivity index (χ1) is 13.0. The Morgan fingerprint density at radius 3 is 2.52 bits per heavy atom. The Bertz CT molecular complexity index is 938. The minimum atomic E-state index is -3.61. The maximum atomic E-state index is 12.9. The summed E-state index contributed by atoms with van der Waals surface area (Å²) in [6, 6.07) is 11.8. The molecule has 1 aliphatic heterocycles. The molecule has 1 saturated heterocycles. The molecule has 1 N–H and O–H groups in total. The van der Waals surface area contributed by atoms with Gasteiger partial charge in [0.15, 0.2) is 0 Å². The monoisotopic (exact) mass is 406 g/mol. The van der Waals surface area contributed by atoms with E-state index in [4.69, 9.17) is 4.74 Å². The van der Waals surface area contributed by atoms with Gasteiger partial charge in [-0.05, 0) is 49.4 Å². The van der Waals surface area contributed by atoms with Gasteiger partial charge >= 0.3 is 0 Å². The highest BCUT2D eigenvalue weighted by molar-refractivity contribution is 7.98. The standard InChI is InChI=1S/C19H22N2O4S2/c1-25-17-10-9-14(27(23,24)21-11-5-6-12-21)13-15(17)19(22)20-16-7-3-4-8-18(16)26-2/h3-4,7-10,13H,5-6,11-12H2,1-2H3,(H,20,22). The lowest BCUT2D eigenvalue weighted by Gasteiger charge is -2.17. The largest absolute Gasteiger partial charge is 0.496 e. The van der Waals surface area contributed by atoms with Crippen molar-refractivity contribution >= 4 is 33.4 Å². The fourth-order valence-electron chi connectivity index (χ4n) is 3.04. The quantitative estimate of drug-likeness (QED) is 0.744. The summed E-state index contributed by atoms with van der Waals surface area (Å²) in [6.07, 6.45) is 3.64. The van der Waals surface area contributed by atoms with Crippen molar-refractivity contribution in [1.82, 2.24) is 4.31 Å². The molecule has 3 rings (SSSR count). The number of carbonyl (C=O) groups excluding carboxylic acids is 1. The zero-order chi connectivity index (χ0) is 19.4. The molecule has 0 atom stereocenters. The van der Waals surface area contributed by atoms with Crippen molar-refractivity contribution in [3.63, 3.8) is 0 Å². The van der Waals surface area contributed by atoms with E-state index in [0.717, 1.165) is 17.7 Å². The molecule has 8 heteroatoms. The number of nitrogens with zero attached hydrogens (tertiary/aromatic N) is 1. The zero-order valence-corrected chi connectivity index (χ0v) is 16.9. The van der Waals surface area contributed by atoms with Crippen LogP contribution in [0.25, 0.3) is 0 Å². The van der Waals surface area contributed by atoms with Gasteiger partial charge in [0.2, 0.25) is 10.0 Å². The highest BCUT2D eigenvalue weighted by Gasteiger charge is 2.28. The van der Waals surface area contributed by atoms with E-state index in [1.54, 1.807) is 6.07 Å². The molecule has 0 unspecified atom stereocenters. The van der Waals surface area contributed by atoms with Gasteiger partial charge in [-0.15, -0.1) is 11.8 Å². The number of hydrogen-bond acceptors (Lipinski definition) is 5. The van der Waals surface area contributed by atoms with Crippen LogP contribution in [-0.4, -0.2) is 45.1 Å². The van der Waals surface area contributed by atoms with Crippen LogP contribution in [0.5, 0.6) is 5.75 Å². The number of ether oxygens (including phenoxy) is 1. The Balaban J connectivity index is 1.95. The van der Waals surface area contributed by atoms with Gasteiger partial charge in [0.1, 0.15) is 5.75 Å². The number of carbonyl (C=O) groups is 1. The Labute approximate surface area is 164 Å². The van der Waals surface area contributed by atoms with Crippen molar-refractivity contribution in [2.45, 2.75) is 22.6 Å². The van der Waals surface area contributed by atoms with Gasteiger partial charge in [0.05, 0.1) is 23.3 Å². The highest BCUT2D eigenvalue weighted by atomic mass is 32.2. The second-order valence-electron chi connectivity index (χ2n) is 6.13. The Hall–Kier alpha value is -2.03. The van der Waals surface area contributed by atoms with E-state index < -0.39 is 15.9 Å². The van der Waals surface area contributed by atoms with Crippen molar-refractivity contribution in [3.8, 4) is 5.75 Å². The summed E-state index contributed by atoms with van der Waals surface area (Å²) in [5.41, 5.74) is 0.860. The fourth-order valence-corrected chi connectivity index (χ4v) is 5.14. The second kappa shape index (κ2) is 8.33. The van der Waals surface area contributed by atoms with E-state index in [2.05, 4.69) is 5.32 Å². The van der Waals surface area contributed by atoms with Gasteiger partial charge in [-0.2, -0.15) is 4.31 Å². The van der Waals surface area contributed by atoms with Gasteiger partial charge in [-0.3, -0.25) is 4.79 Å². The van der Waals surface area contributed by atoms with E-state index >= 15 is 0 Å². The lowest BCUT2D eigenvalue weighted by atomic mass is 10.2. The molecule has 144 valence electrons. The molecule has 0 spiro atoms. The van der Waals surface area contributed by atoms with Crippen LogP contribution in [-0.2, 0) is 10.0 Å². The summed E-state index contributed by atoms with van der Waals surface area (Å²) in [7, 11) is -2.16. The van der Waals surface area contributed by atoms with Crippen molar-refractivity contribution < 1.29 is 17.9 Å². The molecule has 6 nitrogen and oxygen atoms in total. The maximum Gasteiger partial charge on any atom is 0.259 e. The Kier molecular flexibility index (Phi) is 6.08. The van der Waals surface area contributed by atoms with Crippen molar-refractivity contribution in [1.29, 1.82) is 0 Å². The summed E-state index contributed by atoms with van der Waals surface area (Å²) in [5.74, 6) is -0.0821. The van der Waals surface area contributed by atoms with Gasteiger partial charge < -0.3 is 10.1 Å². The molecule has 1 fully saturated rings. The lowest BCUT2D eigenvalue weighted by Crippen LogP contribution is -2.28. The summed E-state index contributed by atoms with van der Waals surface area (Å²) in [5, 5.41) is 2.85. The molecule has 0 aliphatic carbocycles. The number of rotatable bonds is 6. The van der Waals surface area contributed by atoms with Crippen LogP contribution < -0.4 is 10.1 Å². The van der Waals surface area contributed by atoms with Gasteiger partial charge in [0, 0.05) is 18.0 Å². The SMILES string of the molecule is COc1ccc(S(=O)(=O)N2CCCC2)cc1C(=O)Nc1ccccc1SC. The average molecular weight is 407 g/mol. The average Bonchev–Trinajstić information content (AvgIpc) is 3.23. The number of para-hydroxylation sites is 1. The second-order valence-corrected chi connectivity index (χ2v) is 8.91. The number of benzene rings is 2. The predicted molar refractivity (Wildman–Crippen MR) is 107 cm³/mol. The van der Waals surface area contributed by atoms with Crippen LogP contribution in [0, 0.1) is 0 Å². The minimum absolute atomic E-state index is 0.105. The summed E-state index contributed by atoms with van der Waals surface area (Å²) < 4.78 is 32.4. The van der Waals surface area contributed by atoms with E-state index in [1.165, 1.54) is 41.4 Å². The van der Waals surface area contributed by atoms with E-state index in [0.29, 0.717) is 24.5 Å². The zero-order valence-electron chi connectivity index (χ0n) is 15.3. The van der Waals surface area contributed by atoms with Crippen LogP contribution in [0.2, 0.25) is 0 Å². The molecule has 0 aromatic heterocycles. The number of thioether (sulfide) groups is 1. The van der Waals surface area contributed by atoms with Crippen molar-refractivity contribution in [2.75, 3.05) is 31.8 Å². The normalized spacial score (nSPS) is 14.9. The van der Waals surface area contributed by atoms with Crippen molar-refractivity contribution in [3.05, 3.63) is 48.0 Å². The molecule has 0 radical (unpaired) electrons. The predicted octanol–water partition coefficient (Wildman–Crippen LogP) is 3.45. The first kappa shape index (κ1) is 19.7. The molecule has 2 aromatic carbocycles. The molecule has 1 amide bonds. The molecule has 0 bridgehead atoms. The lowest BCUT2D eigenvalue weighted by molar-refractivity contribution is 0.102. The molecular formula is C19H22N2O4S2. The Morgan fingerprint density at radius 1 is 1.15 bits per heavy atom. The summed E-state index contributed by atoms with van der Waals surface area (Å²) >= 11 is 1.52. The van der Waals surface area contributed by atoms with Crippen LogP contribution in [0.15, 0.2) is 52.3 Å². The number of sulfonamides is 1. The van der Waals surface area contributed by atoms with E-state index in [1.807, 2.05) is 24.5 Å².